The third kappa shape index (κ3) is 3.60. The number of hydrogen-bond donors (Lipinski definition) is 0. The van der Waals surface area contributed by atoms with Crippen LogP contribution in [0, 0.1) is 0 Å². The number of benzene rings is 2. The first-order valence-electron chi connectivity index (χ1n) is 6.13. The monoisotopic (exact) mass is 222 g/mol. The van der Waals surface area contributed by atoms with Gasteiger partial charge in [0.25, 0.3) is 0 Å². The molecule has 0 bridgehead atoms. The summed E-state index contributed by atoms with van der Waals surface area (Å²) < 4.78 is 0. The Hall–Kier alpha value is -1.82. The van der Waals surface area contributed by atoms with Crippen molar-refractivity contribution in [2.24, 2.45) is 0 Å². The Morgan fingerprint density at radius 2 is 1.47 bits per heavy atom. The molecular weight excluding hydrogens is 204 g/mol. The molecular formula is C17H18. The van der Waals surface area contributed by atoms with Crippen LogP contribution < -0.4 is 0 Å². The van der Waals surface area contributed by atoms with E-state index in [1.807, 2.05) is 6.07 Å². The van der Waals surface area contributed by atoms with E-state index in [0.717, 1.165) is 6.42 Å². The van der Waals surface area contributed by atoms with E-state index < -0.39 is 0 Å². The van der Waals surface area contributed by atoms with Gasteiger partial charge in [-0.2, -0.15) is 0 Å². The minimum Gasteiger partial charge on any atom is -0.0833 e. The topological polar surface area (TPSA) is 0 Å². The summed E-state index contributed by atoms with van der Waals surface area (Å²) >= 11 is 0. The van der Waals surface area contributed by atoms with E-state index in [1.165, 1.54) is 11.1 Å². The third-order valence-corrected chi connectivity index (χ3v) is 2.97. The van der Waals surface area contributed by atoms with Gasteiger partial charge < -0.3 is 0 Å². The van der Waals surface area contributed by atoms with Crippen LogP contribution in [0.2, 0.25) is 0 Å². The average Bonchev–Trinajstić information content (AvgIpc) is 2.41. The summed E-state index contributed by atoms with van der Waals surface area (Å²) in [5, 5.41) is 0. The van der Waals surface area contributed by atoms with Crippen molar-refractivity contribution in [1.29, 1.82) is 0 Å². The van der Waals surface area contributed by atoms with Gasteiger partial charge in [-0.1, -0.05) is 79.7 Å². The van der Waals surface area contributed by atoms with Crippen molar-refractivity contribution in [2.45, 2.75) is 19.3 Å². The molecule has 0 aromatic heterocycles. The number of rotatable bonds is 4. The lowest BCUT2D eigenvalue weighted by Gasteiger charge is -2.08. The van der Waals surface area contributed by atoms with Crippen molar-refractivity contribution in [2.75, 3.05) is 0 Å². The van der Waals surface area contributed by atoms with Crippen molar-refractivity contribution in [1.82, 2.24) is 0 Å². The Balaban J connectivity index is 1.93. The van der Waals surface area contributed by atoms with E-state index in [1.54, 1.807) is 0 Å². The van der Waals surface area contributed by atoms with Gasteiger partial charge in [-0.3, -0.25) is 0 Å². The SMILES string of the molecule is C[C@H](C/C=C/c1ccccc1)c1ccccc1. The molecule has 0 aliphatic rings. The van der Waals surface area contributed by atoms with Gasteiger partial charge in [-0.05, 0) is 23.5 Å². The summed E-state index contributed by atoms with van der Waals surface area (Å²) in [6, 6.07) is 21.1. The summed E-state index contributed by atoms with van der Waals surface area (Å²) in [7, 11) is 0. The van der Waals surface area contributed by atoms with Crippen molar-refractivity contribution in [3.63, 3.8) is 0 Å². The Bertz CT molecular complexity index is 454. The molecule has 0 heterocycles. The summed E-state index contributed by atoms with van der Waals surface area (Å²) in [4.78, 5) is 0. The molecule has 0 nitrogen and oxygen atoms in total. The van der Waals surface area contributed by atoms with E-state index in [2.05, 4.69) is 73.7 Å². The van der Waals surface area contributed by atoms with Crippen LogP contribution in [0.4, 0.5) is 0 Å². The first-order valence-corrected chi connectivity index (χ1v) is 6.13. The quantitative estimate of drug-likeness (QED) is 0.690. The van der Waals surface area contributed by atoms with Gasteiger partial charge in [0, 0.05) is 0 Å². The van der Waals surface area contributed by atoms with Gasteiger partial charge in [-0.15, -0.1) is 0 Å². The lowest BCUT2D eigenvalue weighted by atomic mass is 9.97. The Labute approximate surface area is 104 Å². The molecule has 0 heteroatoms. The van der Waals surface area contributed by atoms with Crippen molar-refractivity contribution >= 4 is 6.08 Å². The number of hydrogen-bond acceptors (Lipinski definition) is 0. The van der Waals surface area contributed by atoms with Gasteiger partial charge >= 0.3 is 0 Å². The van der Waals surface area contributed by atoms with E-state index in [9.17, 15) is 0 Å². The minimum absolute atomic E-state index is 0.580. The maximum Gasteiger partial charge on any atom is -0.0156 e. The highest BCUT2D eigenvalue weighted by Gasteiger charge is 2.01. The molecule has 0 fully saturated rings. The van der Waals surface area contributed by atoms with E-state index in [-0.39, 0.29) is 0 Å². The van der Waals surface area contributed by atoms with Crippen LogP contribution in [-0.2, 0) is 0 Å². The Morgan fingerprint density at radius 1 is 0.882 bits per heavy atom. The lowest BCUT2D eigenvalue weighted by molar-refractivity contribution is 0.783. The summed E-state index contributed by atoms with van der Waals surface area (Å²) in [5.74, 6) is 0.580. The van der Waals surface area contributed by atoms with Crippen LogP contribution in [0.1, 0.15) is 30.4 Å². The first kappa shape index (κ1) is 11.7. The van der Waals surface area contributed by atoms with Gasteiger partial charge in [0.2, 0.25) is 0 Å². The summed E-state index contributed by atoms with van der Waals surface area (Å²) in [6.45, 7) is 2.27. The maximum atomic E-state index is 2.27. The second-order valence-corrected chi connectivity index (χ2v) is 4.36. The average molecular weight is 222 g/mol. The Kier molecular flexibility index (Phi) is 4.15. The zero-order chi connectivity index (χ0) is 11.9. The smallest absolute Gasteiger partial charge is 0.0156 e. The van der Waals surface area contributed by atoms with Gasteiger partial charge in [-0.25, -0.2) is 0 Å². The molecule has 0 amide bonds. The summed E-state index contributed by atoms with van der Waals surface area (Å²) in [5.41, 5.74) is 2.68. The molecule has 2 aromatic carbocycles. The molecule has 2 aromatic rings. The summed E-state index contributed by atoms with van der Waals surface area (Å²) in [6.07, 6.45) is 5.53. The molecule has 0 radical (unpaired) electrons. The van der Waals surface area contributed by atoms with E-state index >= 15 is 0 Å². The molecule has 86 valence electrons. The van der Waals surface area contributed by atoms with Gasteiger partial charge in [0.1, 0.15) is 0 Å². The largest absolute Gasteiger partial charge is 0.0833 e. The molecule has 0 aliphatic carbocycles. The zero-order valence-corrected chi connectivity index (χ0v) is 10.2. The van der Waals surface area contributed by atoms with E-state index in [4.69, 9.17) is 0 Å². The highest BCUT2D eigenvalue weighted by atomic mass is 14.1. The maximum absolute atomic E-state index is 2.27. The normalized spacial score (nSPS) is 12.8. The van der Waals surface area contributed by atoms with Crippen LogP contribution in [0.3, 0.4) is 0 Å². The molecule has 0 spiro atoms. The fraction of sp³-hybridized carbons (Fsp3) is 0.176. The molecule has 0 unspecified atom stereocenters. The number of allylic oxidation sites excluding steroid dienone is 1. The van der Waals surface area contributed by atoms with Crippen molar-refractivity contribution < 1.29 is 0 Å². The predicted octanol–water partition coefficient (Wildman–Crippen LogP) is 4.89. The lowest BCUT2D eigenvalue weighted by Crippen LogP contribution is -1.90. The van der Waals surface area contributed by atoms with Crippen LogP contribution in [0.15, 0.2) is 66.7 Å². The second kappa shape index (κ2) is 6.05. The standard InChI is InChI=1S/C17H18/c1-15(17-13-6-3-7-14-17)9-8-12-16-10-4-2-5-11-16/h2-8,10-15H,9H2,1H3/b12-8+/t15-/m1/s1. The van der Waals surface area contributed by atoms with Gasteiger partial charge in [0.05, 0.1) is 0 Å². The molecule has 0 saturated carbocycles. The van der Waals surface area contributed by atoms with Gasteiger partial charge in [0.15, 0.2) is 0 Å². The fourth-order valence-electron chi connectivity index (χ4n) is 1.89. The van der Waals surface area contributed by atoms with Crippen LogP contribution in [0.25, 0.3) is 6.08 Å². The van der Waals surface area contributed by atoms with Crippen molar-refractivity contribution in [3.8, 4) is 0 Å². The van der Waals surface area contributed by atoms with Crippen LogP contribution >= 0.6 is 0 Å². The minimum atomic E-state index is 0.580. The molecule has 2 rings (SSSR count). The predicted molar refractivity (Wildman–Crippen MR) is 75.0 cm³/mol. The second-order valence-electron chi connectivity index (χ2n) is 4.36. The molecule has 0 aliphatic heterocycles. The molecule has 0 saturated heterocycles. The van der Waals surface area contributed by atoms with E-state index in [0.29, 0.717) is 5.92 Å². The van der Waals surface area contributed by atoms with Crippen LogP contribution in [-0.4, -0.2) is 0 Å². The highest BCUT2D eigenvalue weighted by molar-refractivity contribution is 5.48. The van der Waals surface area contributed by atoms with Crippen molar-refractivity contribution in [3.05, 3.63) is 77.9 Å². The molecule has 0 N–H and O–H groups in total. The zero-order valence-electron chi connectivity index (χ0n) is 10.2. The third-order valence-electron chi connectivity index (χ3n) is 2.97. The first-order chi connectivity index (χ1) is 8.36. The highest BCUT2D eigenvalue weighted by Crippen LogP contribution is 2.19. The fourth-order valence-corrected chi connectivity index (χ4v) is 1.89. The Morgan fingerprint density at radius 3 is 2.12 bits per heavy atom. The molecule has 17 heavy (non-hydrogen) atoms. The molecule has 1 atom stereocenters. The van der Waals surface area contributed by atoms with Crippen LogP contribution in [0.5, 0.6) is 0 Å².